The standard InChI is InChI=1S/C13H18N2/c1-9(2)7-11-8-10-5-4-6-12(14)13(10)15(11)3/h4-6,8-9H,7,14H2,1-3H3. The number of hydrogen-bond acceptors (Lipinski definition) is 1. The minimum Gasteiger partial charge on any atom is -0.397 e. The Morgan fingerprint density at radius 3 is 2.67 bits per heavy atom. The molecule has 0 aliphatic carbocycles. The average molecular weight is 202 g/mol. The number of aromatic nitrogens is 1. The minimum absolute atomic E-state index is 0.675. The summed E-state index contributed by atoms with van der Waals surface area (Å²) in [5, 5.41) is 1.24. The van der Waals surface area contributed by atoms with Crippen LogP contribution in [0.15, 0.2) is 24.3 Å². The van der Waals surface area contributed by atoms with Crippen LogP contribution in [-0.4, -0.2) is 4.57 Å². The van der Waals surface area contributed by atoms with E-state index in [-0.39, 0.29) is 0 Å². The van der Waals surface area contributed by atoms with Crippen molar-refractivity contribution in [2.24, 2.45) is 13.0 Å². The number of nitrogens with two attached hydrogens (primary N) is 1. The van der Waals surface area contributed by atoms with E-state index in [0.717, 1.165) is 17.6 Å². The van der Waals surface area contributed by atoms with Crippen LogP contribution in [0.5, 0.6) is 0 Å². The van der Waals surface area contributed by atoms with Gasteiger partial charge in [0.2, 0.25) is 0 Å². The highest BCUT2D eigenvalue weighted by atomic mass is 15.0. The molecule has 2 nitrogen and oxygen atoms in total. The van der Waals surface area contributed by atoms with Crippen molar-refractivity contribution in [2.45, 2.75) is 20.3 Å². The number of nitrogen functional groups attached to an aromatic ring is 1. The van der Waals surface area contributed by atoms with Crippen molar-refractivity contribution >= 4 is 16.6 Å². The van der Waals surface area contributed by atoms with Gasteiger partial charge < -0.3 is 10.3 Å². The summed E-state index contributed by atoms with van der Waals surface area (Å²) in [6.45, 7) is 4.47. The molecule has 1 heterocycles. The first-order valence-corrected chi connectivity index (χ1v) is 5.42. The lowest BCUT2D eigenvalue weighted by Gasteiger charge is -2.07. The summed E-state index contributed by atoms with van der Waals surface area (Å²) in [7, 11) is 2.09. The van der Waals surface area contributed by atoms with E-state index in [9.17, 15) is 0 Å². The summed E-state index contributed by atoms with van der Waals surface area (Å²) >= 11 is 0. The predicted molar refractivity (Wildman–Crippen MR) is 65.9 cm³/mol. The van der Waals surface area contributed by atoms with Crippen LogP contribution >= 0.6 is 0 Å². The molecule has 0 atom stereocenters. The van der Waals surface area contributed by atoms with Gasteiger partial charge in [0.25, 0.3) is 0 Å². The molecule has 0 aliphatic rings. The van der Waals surface area contributed by atoms with Crippen LogP contribution in [-0.2, 0) is 13.5 Å². The molecular formula is C13H18N2. The molecule has 2 N–H and O–H groups in total. The Morgan fingerprint density at radius 1 is 1.33 bits per heavy atom. The quantitative estimate of drug-likeness (QED) is 0.746. The Morgan fingerprint density at radius 2 is 2.07 bits per heavy atom. The lowest BCUT2D eigenvalue weighted by molar-refractivity contribution is 0.620. The van der Waals surface area contributed by atoms with E-state index in [1.807, 2.05) is 12.1 Å². The SMILES string of the molecule is CC(C)Cc1cc2cccc(N)c2n1C. The summed E-state index contributed by atoms with van der Waals surface area (Å²) < 4.78 is 2.21. The highest BCUT2D eigenvalue weighted by Crippen LogP contribution is 2.25. The van der Waals surface area contributed by atoms with E-state index in [1.165, 1.54) is 11.1 Å². The second kappa shape index (κ2) is 3.61. The molecule has 0 spiro atoms. The van der Waals surface area contributed by atoms with E-state index in [2.05, 4.69) is 37.6 Å². The number of para-hydroxylation sites is 1. The Bertz CT molecular complexity index is 480. The topological polar surface area (TPSA) is 30.9 Å². The molecule has 2 heteroatoms. The van der Waals surface area contributed by atoms with Gasteiger partial charge in [0, 0.05) is 18.1 Å². The third-order valence-corrected chi connectivity index (χ3v) is 2.80. The molecule has 0 bridgehead atoms. The second-order valence-corrected chi connectivity index (χ2v) is 4.58. The number of fused-ring (bicyclic) bond motifs is 1. The second-order valence-electron chi connectivity index (χ2n) is 4.58. The van der Waals surface area contributed by atoms with Crippen LogP contribution in [0.4, 0.5) is 5.69 Å². The monoisotopic (exact) mass is 202 g/mol. The van der Waals surface area contributed by atoms with Gasteiger partial charge in [0.15, 0.2) is 0 Å². The Labute approximate surface area is 90.7 Å². The number of nitrogens with zero attached hydrogens (tertiary/aromatic N) is 1. The van der Waals surface area contributed by atoms with Crippen LogP contribution in [0.25, 0.3) is 10.9 Å². The van der Waals surface area contributed by atoms with Crippen molar-refractivity contribution in [3.8, 4) is 0 Å². The van der Waals surface area contributed by atoms with Crippen molar-refractivity contribution in [3.05, 3.63) is 30.0 Å². The molecule has 0 fully saturated rings. The maximum Gasteiger partial charge on any atom is 0.0713 e. The smallest absolute Gasteiger partial charge is 0.0713 e. The molecule has 0 amide bonds. The molecule has 15 heavy (non-hydrogen) atoms. The fourth-order valence-corrected chi connectivity index (χ4v) is 2.12. The molecule has 0 radical (unpaired) electrons. The van der Waals surface area contributed by atoms with Gasteiger partial charge in [-0.05, 0) is 24.5 Å². The average Bonchev–Trinajstić information content (AvgIpc) is 2.44. The maximum absolute atomic E-state index is 5.98. The maximum atomic E-state index is 5.98. The van der Waals surface area contributed by atoms with Gasteiger partial charge in [0.05, 0.1) is 11.2 Å². The molecule has 0 saturated carbocycles. The molecule has 0 unspecified atom stereocenters. The van der Waals surface area contributed by atoms with Crippen molar-refractivity contribution in [3.63, 3.8) is 0 Å². The normalized spacial score (nSPS) is 11.5. The zero-order valence-electron chi connectivity index (χ0n) is 9.62. The van der Waals surface area contributed by atoms with Gasteiger partial charge in [-0.2, -0.15) is 0 Å². The molecule has 1 aromatic carbocycles. The largest absolute Gasteiger partial charge is 0.397 e. The number of aryl methyl sites for hydroxylation is 1. The molecule has 2 rings (SSSR count). The van der Waals surface area contributed by atoms with Crippen molar-refractivity contribution in [2.75, 3.05) is 5.73 Å². The first-order chi connectivity index (χ1) is 7.09. The van der Waals surface area contributed by atoms with E-state index in [4.69, 9.17) is 5.73 Å². The lowest BCUT2D eigenvalue weighted by atomic mass is 10.1. The van der Waals surface area contributed by atoms with Crippen LogP contribution < -0.4 is 5.73 Å². The van der Waals surface area contributed by atoms with Gasteiger partial charge in [-0.25, -0.2) is 0 Å². The van der Waals surface area contributed by atoms with Crippen LogP contribution in [0.1, 0.15) is 19.5 Å². The van der Waals surface area contributed by atoms with Gasteiger partial charge in [0.1, 0.15) is 0 Å². The summed E-state index contributed by atoms with van der Waals surface area (Å²) in [4.78, 5) is 0. The zero-order chi connectivity index (χ0) is 11.0. The van der Waals surface area contributed by atoms with Crippen molar-refractivity contribution in [1.29, 1.82) is 0 Å². The van der Waals surface area contributed by atoms with Crippen molar-refractivity contribution in [1.82, 2.24) is 4.57 Å². The summed E-state index contributed by atoms with van der Waals surface area (Å²) in [5.41, 5.74) is 9.37. The predicted octanol–water partition coefficient (Wildman–Crippen LogP) is 2.96. The van der Waals surface area contributed by atoms with Gasteiger partial charge in [-0.1, -0.05) is 26.0 Å². The summed E-state index contributed by atoms with van der Waals surface area (Å²) in [5.74, 6) is 0.675. The number of anilines is 1. The Balaban J connectivity index is 2.59. The zero-order valence-corrected chi connectivity index (χ0v) is 9.62. The van der Waals surface area contributed by atoms with E-state index in [1.54, 1.807) is 0 Å². The van der Waals surface area contributed by atoms with Crippen molar-refractivity contribution < 1.29 is 0 Å². The summed E-state index contributed by atoms with van der Waals surface area (Å²) in [6, 6.07) is 8.33. The molecule has 0 aliphatic heterocycles. The first kappa shape index (κ1) is 10.1. The number of rotatable bonds is 2. The van der Waals surface area contributed by atoms with Crippen LogP contribution in [0.3, 0.4) is 0 Å². The fourth-order valence-electron chi connectivity index (χ4n) is 2.12. The van der Waals surface area contributed by atoms with Gasteiger partial charge in [-0.3, -0.25) is 0 Å². The Hall–Kier alpha value is -1.44. The molecule has 80 valence electrons. The van der Waals surface area contributed by atoms with Crippen LogP contribution in [0, 0.1) is 5.92 Å². The fraction of sp³-hybridized carbons (Fsp3) is 0.385. The minimum atomic E-state index is 0.675. The van der Waals surface area contributed by atoms with E-state index >= 15 is 0 Å². The van der Waals surface area contributed by atoms with E-state index in [0.29, 0.717) is 5.92 Å². The molecule has 0 saturated heterocycles. The van der Waals surface area contributed by atoms with E-state index < -0.39 is 0 Å². The molecule has 2 aromatic rings. The number of hydrogen-bond donors (Lipinski definition) is 1. The van der Waals surface area contributed by atoms with Gasteiger partial charge in [-0.15, -0.1) is 0 Å². The highest BCUT2D eigenvalue weighted by molar-refractivity contribution is 5.91. The van der Waals surface area contributed by atoms with Gasteiger partial charge >= 0.3 is 0 Å². The third-order valence-electron chi connectivity index (χ3n) is 2.80. The molecule has 1 aromatic heterocycles. The Kier molecular flexibility index (Phi) is 2.43. The number of benzene rings is 1. The lowest BCUT2D eigenvalue weighted by Crippen LogP contribution is -2.01. The third kappa shape index (κ3) is 1.72. The van der Waals surface area contributed by atoms with Crippen LogP contribution in [0.2, 0.25) is 0 Å². The summed E-state index contributed by atoms with van der Waals surface area (Å²) in [6.07, 6.45) is 1.10. The first-order valence-electron chi connectivity index (χ1n) is 5.42. The highest BCUT2D eigenvalue weighted by Gasteiger charge is 2.08. The molecular weight excluding hydrogens is 184 g/mol.